The number of ether oxygens (including phenoxy) is 2. The molecule has 5 aromatic rings. The molecule has 0 atom stereocenters. The first-order valence-corrected chi connectivity index (χ1v) is 12.6. The lowest BCUT2D eigenvalue weighted by molar-refractivity contribution is -0.119. The summed E-state index contributed by atoms with van der Waals surface area (Å²) in [6.45, 7) is -0.460. The van der Waals surface area contributed by atoms with Crippen molar-refractivity contribution in [3.8, 4) is 28.4 Å². The lowest BCUT2D eigenvalue weighted by Gasteiger charge is -2.05. The van der Waals surface area contributed by atoms with E-state index in [1.807, 2.05) is 24.3 Å². The van der Waals surface area contributed by atoms with Crippen molar-refractivity contribution in [2.75, 3.05) is 19.0 Å². The summed E-state index contributed by atoms with van der Waals surface area (Å²) in [4.78, 5) is 37.0. The molecule has 5 rings (SSSR count). The number of fused-ring (bicyclic) bond motifs is 1. The number of nitrogens with one attached hydrogen (secondary N) is 2. The average molecular weight is 553 g/mol. The summed E-state index contributed by atoms with van der Waals surface area (Å²) in [7, 11) is 1.61. The maximum absolute atomic E-state index is 12.6. The van der Waals surface area contributed by atoms with Gasteiger partial charge in [-0.3, -0.25) is 10.1 Å². The number of halogens is 2. The Bertz CT molecular complexity index is 1610. The molecule has 1 amide bonds. The highest BCUT2D eigenvalue weighted by molar-refractivity contribution is 7.14. The fourth-order valence-corrected chi connectivity index (χ4v) is 4.55. The maximum atomic E-state index is 12.6. The van der Waals surface area contributed by atoms with Gasteiger partial charge < -0.3 is 14.5 Å². The van der Waals surface area contributed by atoms with Crippen LogP contribution in [0, 0.1) is 0 Å². The van der Waals surface area contributed by atoms with Gasteiger partial charge in [-0.05, 0) is 54.6 Å². The third kappa shape index (κ3) is 5.59. The van der Waals surface area contributed by atoms with Crippen molar-refractivity contribution in [1.29, 1.82) is 0 Å². The Morgan fingerprint density at radius 3 is 2.51 bits per heavy atom. The Labute approximate surface area is 225 Å². The lowest BCUT2D eigenvalue weighted by atomic mass is 10.2. The van der Waals surface area contributed by atoms with Gasteiger partial charge in [0.1, 0.15) is 11.6 Å². The number of H-pyrrole nitrogens is 1. The summed E-state index contributed by atoms with van der Waals surface area (Å²) >= 11 is 13.3. The molecule has 0 radical (unpaired) electrons. The second-order valence-electron chi connectivity index (χ2n) is 7.84. The van der Waals surface area contributed by atoms with Crippen LogP contribution in [0.4, 0.5) is 5.13 Å². The molecule has 2 N–H and O–H groups in total. The van der Waals surface area contributed by atoms with Crippen molar-refractivity contribution in [3.05, 3.63) is 81.7 Å². The molecule has 0 aliphatic heterocycles. The number of hydrogen-bond donors (Lipinski definition) is 2. The maximum Gasteiger partial charge on any atom is 0.338 e. The van der Waals surface area contributed by atoms with Crippen LogP contribution in [0.3, 0.4) is 0 Å². The number of anilines is 1. The number of aromatic nitrogens is 3. The topological polar surface area (TPSA) is 106 Å². The average Bonchev–Trinajstić information content (AvgIpc) is 3.55. The molecule has 37 heavy (non-hydrogen) atoms. The molecule has 8 nitrogen and oxygen atoms in total. The van der Waals surface area contributed by atoms with E-state index in [9.17, 15) is 9.59 Å². The van der Waals surface area contributed by atoms with E-state index in [1.54, 1.807) is 48.9 Å². The minimum Gasteiger partial charge on any atom is -0.497 e. The molecule has 3 aromatic carbocycles. The molecular formula is C26H18Cl2N4O4S. The summed E-state index contributed by atoms with van der Waals surface area (Å²) in [5.41, 5.74) is 3.94. The van der Waals surface area contributed by atoms with E-state index in [2.05, 4.69) is 20.3 Å². The van der Waals surface area contributed by atoms with Crippen LogP contribution in [-0.2, 0) is 9.53 Å². The zero-order valence-electron chi connectivity index (χ0n) is 19.2. The normalized spacial score (nSPS) is 10.9. The van der Waals surface area contributed by atoms with Crippen molar-refractivity contribution >= 4 is 62.6 Å². The van der Waals surface area contributed by atoms with Crippen LogP contribution in [0.2, 0.25) is 10.0 Å². The standard InChI is InChI=1S/C26H18Cl2N4O4S/c1-35-17-6-2-14(3-7-17)24-29-20-9-5-16(11-21(20)30-24)25(34)36-12-23(33)32-26-31-22(13-37-26)15-4-8-18(27)19(28)10-15/h2-11,13H,12H2,1H3,(H,29,30)(H,31,32,33). The quantitative estimate of drug-likeness (QED) is 0.224. The SMILES string of the molecule is COc1ccc(-c2nc3ccc(C(=O)OCC(=O)Nc4nc(-c5ccc(Cl)c(Cl)c5)cs4)cc3[nH]2)cc1. The Hall–Kier alpha value is -3.92. The van der Waals surface area contributed by atoms with E-state index in [0.29, 0.717) is 43.3 Å². The van der Waals surface area contributed by atoms with Gasteiger partial charge >= 0.3 is 5.97 Å². The fraction of sp³-hybridized carbons (Fsp3) is 0.0769. The predicted molar refractivity (Wildman–Crippen MR) is 145 cm³/mol. The van der Waals surface area contributed by atoms with E-state index in [4.69, 9.17) is 32.7 Å². The number of hydrogen-bond acceptors (Lipinski definition) is 7. The lowest BCUT2D eigenvalue weighted by Crippen LogP contribution is -2.20. The van der Waals surface area contributed by atoms with Gasteiger partial charge in [0, 0.05) is 16.5 Å². The summed E-state index contributed by atoms with van der Waals surface area (Å²) in [5.74, 6) is 0.267. The second kappa shape index (κ2) is 10.6. The van der Waals surface area contributed by atoms with Gasteiger partial charge in [-0.15, -0.1) is 11.3 Å². The van der Waals surface area contributed by atoms with Gasteiger partial charge in [0.25, 0.3) is 5.91 Å². The zero-order valence-corrected chi connectivity index (χ0v) is 21.6. The van der Waals surface area contributed by atoms with Gasteiger partial charge in [-0.2, -0.15) is 0 Å². The first-order chi connectivity index (χ1) is 17.9. The highest BCUT2D eigenvalue weighted by Crippen LogP contribution is 2.30. The fourth-order valence-electron chi connectivity index (χ4n) is 3.51. The van der Waals surface area contributed by atoms with Gasteiger partial charge in [0.2, 0.25) is 0 Å². The molecular weight excluding hydrogens is 535 g/mol. The Morgan fingerprint density at radius 2 is 1.76 bits per heavy atom. The summed E-state index contributed by atoms with van der Waals surface area (Å²) in [6, 6.07) is 17.6. The van der Waals surface area contributed by atoms with Crippen LogP contribution in [0.25, 0.3) is 33.7 Å². The second-order valence-corrected chi connectivity index (χ2v) is 9.51. The van der Waals surface area contributed by atoms with Gasteiger partial charge in [-0.25, -0.2) is 14.8 Å². The van der Waals surface area contributed by atoms with Crippen LogP contribution in [0.1, 0.15) is 10.4 Å². The number of imidazole rings is 1. The van der Waals surface area contributed by atoms with E-state index in [0.717, 1.165) is 16.9 Å². The number of carbonyl (C=O) groups is 2. The van der Waals surface area contributed by atoms with E-state index in [1.165, 1.54) is 11.3 Å². The van der Waals surface area contributed by atoms with Crippen LogP contribution in [0.5, 0.6) is 5.75 Å². The predicted octanol–water partition coefficient (Wildman–Crippen LogP) is 6.46. The first kappa shape index (κ1) is 24.8. The number of thiazole rings is 1. The molecule has 0 saturated carbocycles. The number of rotatable bonds is 7. The minimum absolute atomic E-state index is 0.293. The number of methoxy groups -OCH3 is 1. The molecule has 0 unspecified atom stereocenters. The van der Waals surface area contributed by atoms with E-state index >= 15 is 0 Å². The van der Waals surface area contributed by atoms with Crippen LogP contribution >= 0.6 is 34.5 Å². The molecule has 0 fully saturated rings. The van der Waals surface area contributed by atoms with Crippen molar-refractivity contribution in [2.45, 2.75) is 0 Å². The number of aromatic amines is 1. The number of nitrogens with zero attached hydrogens (tertiary/aromatic N) is 2. The van der Waals surface area contributed by atoms with E-state index in [-0.39, 0.29) is 0 Å². The Balaban J connectivity index is 1.20. The highest BCUT2D eigenvalue weighted by Gasteiger charge is 2.15. The number of carbonyl (C=O) groups excluding carboxylic acids is 2. The smallest absolute Gasteiger partial charge is 0.338 e. The number of benzene rings is 3. The monoisotopic (exact) mass is 552 g/mol. The van der Waals surface area contributed by atoms with Crippen molar-refractivity contribution in [3.63, 3.8) is 0 Å². The van der Waals surface area contributed by atoms with E-state index < -0.39 is 18.5 Å². The highest BCUT2D eigenvalue weighted by atomic mass is 35.5. The zero-order chi connectivity index (χ0) is 25.9. The molecule has 186 valence electrons. The molecule has 2 heterocycles. The Morgan fingerprint density at radius 1 is 0.973 bits per heavy atom. The summed E-state index contributed by atoms with van der Waals surface area (Å²) < 4.78 is 10.4. The summed E-state index contributed by atoms with van der Waals surface area (Å²) in [5, 5.41) is 5.63. The minimum atomic E-state index is -0.631. The third-order valence-electron chi connectivity index (χ3n) is 5.38. The van der Waals surface area contributed by atoms with Crippen molar-refractivity contribution < 1.29 is 19.1 Å². The molecule has 0 bridgehead atoms. The molecule has 0 aliphatic carbocycles. The molecule has 2 aromatic heterocycles. The Kier molecular flexibility index (Phi) is 7.09. The molecule has 0 saturated heterocycles. The molecule has 0 spiro atoms. The number of amides is 1. The molecule has 0 aliphatic rings. The molecule has 11 heteroatoms. The van der Waals surface area contributed by atoms with Gasteiger partial charge in [0.05, 0.1) is 39.4 Å². The largest absolute Gasteiger partial charge is 0.497 e. The number of esters is 1. The van der Waals surface area contributed by atoms with Gasteiger partial charge in [0.15, 0.2) is 11.7 Å². The van der Waals surface area contributed by atoms with Crippen LogP contribution in [0.15, 0.2) is 66.0 Å². The van der Waals surface area contributed by atoms with Gasteiger partial charge in [-0.1, -0.05) is 29.3 Å². The summed E-state index contributed by atoms with van der Waals surface area (Å²) in [6.07, 6.45) is 0. The first-order valence-electron chi connectivity index (χ1n) is 10.9. The van der Waals surface area contributed by atoms with Crippen LogP contribution in [-0.4, -0.2) is 40.5 Å². The van der Waals surface area contributed by atoms with Crippen LogP contribution < -0.4 is 10.1 Å². The van der Waals surface area contributed by atoms with Crippen molar-refractivity contribution in [1.82, 2.24) is 15.0 Å². The third-order valence-corrected chi connectivity index (χ3v) is 6.88. The van der Waals surface area contributed by atoms with Crippen molar-refractivity contribution in [2.24, 2.45) is 0 Å².